The molecule has 3 aromatic rings. The van der Waals surface area contributed by atoms with E-state index in [2.05, 4.69) is 15.3 Å². The van der Waals surface area contributed by atoms with Gasteiger partial charge in [0.2, 0.25) is 0 Å². The summed E-state index contributed by atoms with van der Waals surface area (Å²) in [4.78, 5) is 15.0. The Morgan fingerprint density at radius 2 is 1.86 bits per heavy atom. The molecule has 7 heteroatoms. The summed E-state index contributed by atoms with van der Waals surface area (Å²) < 4.78 is 16.1. The minimum atomic E-state index is -0.444. The van der Waals surface area contributed by atoms with E-state index in [1.807, 2.05) is 18.2 Å². The van der Waals surface area contributed by atoms with E-state index in [0.717, 1.165) is 31.6 Å². The van der Waals surface area contributed by atoms with Gasteiger partial charge in [-0.25, -0.2) is 9.07 Å². The molecule has 0 aliphatic carbocycles. The number of anilines is 2. The number of para-hydroxylation sites is 1. The average molecular weight is 399 g/mol. The number of carbonyl (C=O) groups excluding carboxylic acids is 1. The van der Waals surface area contributed by atoms with Crippen molar-refractivity contribution < 1.29 is 9.18 Å². The molecular weight excluding hydrogens is 379 g/mol. The molecule has 1 N–H and O–H groups in total. The van der Waals surface area contributed by atoms with Gasteiger partial charge in [0.05, 0.1) is 22.6 Å². The van der Waals surface area contributed by atoms with Crippen LogP contribution in [0.1, 0.15) is 28.9 Å². The zero-order valence-corrected chi connectivity index (χ0v) is 16.2. The quantitative estimate of drug-likeness (QED) is 0.685. The number of halogens is 2. The Hall–Kier alpha value is -2.86. The molecule has 1 amide bonds. The Balaban J connectivity index is 1.62. The molecule has 0 atom stereocenters. The van der Waals surface area contributed by atoms with Gasteiger partial charge < -0.3 is 10.2 Å². The van der Waals surface area contributed by atoms with Crippen LogP contribution in [0.25, 0.3) is 5.69 Å². The first kappa shape index (κ1) is 18.5. The molecule has 1 saturated heterocycles. The van der Waals surface area contributed by atoms with Crippen molar-refractivity contribution in [3.8, 4) is 5.69 Å². The van der Waals surface area contributed by atoms with Crippen LogP contribution in [0.5, 0.6) is 0 Å². The summed E-state index contributed by atoms with van der Waals surface area (Å²) in [5, 5.41) is 7.79. The molecule has 144 valence electrons. The largest absolute Gasteiger partial charge is 0.370 e. The number of benzene rings is 2. The highest BCUT2D eigenvalue weighted by Crippen LogP contribution is 2.31. The van der Waals surface area contributed by atoms with E-state index >= 15 is 0 Å². The summed E-state index contributed by atoms with van der Waals surface area (Å²) >= 11 is 5.93. The van der Waals surface area contributed by atoms with Crippen molar-refractivity contribution in [1.29, 1.82) is 0 Å². The fourth-order valence-electron chi connectivity index (χ4n) is 3.45. The van der Waals surface area contributed by atoms with Crippen LogP contribution in [0.4, 0.5) is 15.8 Å². The van der Waals surface area contributed by atoms with Crippen LogP contribution in [0.3, 0.4) is 0 Å². The third kappa shape index (κ3) is 3.60. The molecule has 0 radical (unpaired) electrons. The molecule has 5 nitrogen and oxygen atoms in total. The van der Waals surface area contributed by atoms with Gasteiger partial charge in [-0.3, -0.25) is 4.79 Å². The first-order valence-corrected chi connectivity index (χ1v) is 9.58. The van der Waals surface area contributed by atoms with Crippen LogP contribution in [0, 0.1) is 12.7 Å². The zero-order chi connectivity index (χ0) is 19.7. The van der Waals surface area contributed by atoms with Crippen LogP contribution in [0.2, 0.25) is 5.02 Å². The molecule has 1 aliphatic heterocycles. The first-order valence-electron chi connectivity index (χ1n) is 9.20. The van der Waals surface area contributed by atoms with Gasteiger partial charge >= 0.3 is 0 Å². The van der Waals surface area contributed by atoms with Crippen molar-refractivity contribution >= 4 is 28.9 Å². The smallest absolute Gasteiger partial charge is 0.259 e. The molecule has 1 aromatic heterocycles. The number of nitrogens with one attached hydrogen (secondary N) is 1. The highest BCUT2D eigenvalue weighted by atomic mass is 35.5. The second-order valence-corrected chi connectivity index (χ2v) is 7.27. The molecule has 4 rings (SSSR count). The number of aryl methyl sites for hydroxylation is 1. The summed E-state index contributed by atoms with van der Waals surface area (Å²) in [5.74, 6) is -0.830. The van der Waals surface area contributed by atoms with Crippen LogP contribution in [-0.4, -0.2) is 28.8 Å². The summed E-state index contributed by atoms with van der Waals surface area (Å²) in [6.07, 6.45) is 3.78. The van der Waals surface area contributed by atoms with Crippen molar-refractivity contribution in [3.05, 3.63) is 70.8 Å². The molecule has 28 heavy (non-hydrogen) atoms. The standard InChI is InChI=1S/C21H20ClFN4O/c1-14-17(13-27(25-14)16-9-7-15(22)8-10-16)21(28)24-20-18(23)5-4-6-19(20)26-11-2-3-12-26/h4-10,13H,2-3,11-12H2,1H3,(H,24,28). The lowest BCUT2D eigenvalue weighted by atomic mass is 10.2. The predicted molar refractivity (Wildman–Crippen MR) is 109 cm³/mol. The van der Waals surface area contributed by atoms with E-state index in [-0.39, 0.29) is 11.6 Å². The Labute approximate surface area is 167 Å². The van der Waals surface area contributed by atoms with Gasteiger partial charge in [0.1, 0.15) is 11.5 Å². The number of rotatable bonds is 4. The van der Waals surface area contributed by atoms with Crippen LogP contribution >= 0.6 is 11.6 Å². The highest BCUT2D eigenvalue weighted by molar-refractivity contribution is 6.30. The minimum absolute atomic E-state index is 0.216. The van der Waals surface area contributed by atoms with Gasteiger partial charge in [0.15, 0.2) is 0 Å². The van der Waals surface area contributed by atoms with Gasteiger partial charge in [-0.1, -0.05) is 17.7 Å². The van der Waals surface area contributed by atoms with Gasteiger partial charge in [-0.05, 0) is 56.2 Å². The Morgan fingerprint density at radius 3 is 2.57 bits per heavy atom. The summed E-state index contributed by atoms with van der Waals surface area (Å²) in [6.45, 7) is 3.48. The van der Waals surface area contributed by atoms with Gasteiger partial charge in [-0.15, -0.1) is 0 Å². The number of amides is 1. The van der Waals surface area contributed by atoms with Gasteiger partial charge in [0.25, 0.3) is 5.91 Å². The minimum Gasteiger partial charge on any atom is -0.370 e. The number of hydrogen-bond acceptors (Lipinski definition) is 3. The molecule has 0 saturated carbocycles. The maximum atomic E-state index is 14.5. The average Bonchev–Trinajstić information content (AvgIpc) is 3.34. The molecule has 0 bridgehead atoms. The SMILES string of the molecule is Cc1nn(-c2ccc(Cl)cc2)cc1C(=O)Nc1c(F)cccc1N1CCCC1. The molecule has 2 aromatic carbocycles. The fourth-order valence-corrected chi connectivity index (χ4v) is 3.57. The van der Waals surface area contributed by atoms with E-state index in [9.17, 15) is 9.18 Å². The maximum Gasteiger partial charge on any atom is 0.259 e. The monoisotopic (exact) mass is 398 g/mol. The topological polar surface area (TPSA) is 50.2 Å². The number of carbonyl (C=O) groups is 1. The number of nitrogens with zero attached hydrogens (tertiary/aromatic N) is 3. The fraction of sp³-hybridized carbons (Fsp3) is 0.238. The highest BCUT2D eigenvalue weighted by Gasteiger charge is 2.22. The molecule has 1 aliphatic rings. The third-order valence-corrected chi connectivity index (χ3v) is 5.16. The van der Waals surface area contributed by atoms with Crippen molar-refractivity contribution in [1.82, 2.24) is 9.78 Å². The summed E-state index contributed by atoms with van der Waals surface area (Å²) in [5.41, 5.74) is 2.67. The van der Waals surface area contributed by atoms with Gasteiger partial charge in [-0.2, -0.15) is 5.10 Å². The maximum absolute atomic E-state index is 14.5. The number of hydrogen-bond donors (Lipinski definition) is 1. The molecular formula is C21H20ClFN4O. The Kier molecular flexibility index (Phi) is 5.05. The zero-order valence-electron chi connectivity index (χ0n) is 15.5. The summed E-state index contributed by atoms with van der Waals surface area (Å²) in [6, 6.07) is 12.0. The lowest BCUT2D eigenvalue weighted by Crippen LogP contribution is -2.22. The Bertz CT molecular complexity index is 1010. The van der Waals surface area contributed by atoms with Crippen molar-refractivity contribution in [2.75, 3.05) is 23.3 Å². The number of aromatic nitrogens is 2. The van der Waals surface area contributed by atoms with E-state index in [1.54, 1.807) is 36.0 Å². The molecule has 2 heterocycles. The second kappa shape index (κ2) is 7.64. The van der Waals surface area contributed by atoms with Crippen LogP contribution in [0.15, 0.2) is 48.7 Å². The second-order valence-electron chi connectivity index (χ2n) is 6.83. The molecule has 0 spiro atoms. The van der Waals surface area contributed by atoms with Crippen molar-refractivity contribution in [3.63, 3.8) is 0 Å². The third-order valence-electron chi connectivity index (χ3n) is 4.91. The molecule has 0 unspecified atom stereocenters. The summed E-state index contributed by atoms with van der Waals surface area (Å²) in [7, 11) is 0. The predicted octanol–water partition coefficient (Wildman–Crippen LogP) is 4.83. The van der Waals surface area contributed by atoms with Gasteiger partial charge in [0, 0.05) is 24.3 Å². The van der Waals surface area contributed by atoms with E-state index in [0.29, 0.717) is 22.0 Å². The lowest BCUT2D eigenvalue weighted by molar-refractivity contribution is 0.102. The van der Waals surface area contributed by atoms with E-state index in [4.69, 9.17) is 11.6 Å². The van der Waals surface area contributed by atoms with Crippen molar-refractivity contribution in [2.45, 2.75) is 19.8 Å². The normalized spacial score (nSPS) is 13.8. The molecule has 1 fully saturated rings. The van der Waals surface area contributed by atoms with Crippen molar-refractivity contribution in [2.24, 2.45) is 0 Å². The van der Waals surface area contributed by atoms with Crippen LogP contribution in [-0.2, 0) is 0 Å². The van der Waals surface area contributed by atoms with E-state index < -0.39 is 5.82 Å². The lowest BCUT2D eigenvalue weighted by Gasteiger charge is -2.21. The Morgan fingerprint density at radius 1 is 1.14 bits per heavy atom. The first-order chi connectivity index (χ1) is 13.5. The van der Waals surface area contributed by atoms with E-state index in [1.165, 1.54) is 6.07 Å². The van der Waals surface area contributed by atoms with Crippen LogP contribution < -0.4 is 10.2 Å².